The summed E-state index contributed by atoms with van der Waals surface area (Å²) in [6.45, 7) is 3.37. The predicted molar refractivity (Wildman–Crippen MR) is 105 cm³/mol. The number of nitrogens with two attached hydrogens (primary N) is 1. The van der Waals surface area contributed by atoms with Gasteiger partial charge in [-0.3, -0.25) is 0 Å². The fraction of sp³-hybridized carbons (Fsp3) is 0.300. The van der Waals surface area contributed by atoms with Crippen molar-refractivity contribution < 1.29 is 9.26 Å². The second-order valence-corrected chi connectivity index (χ2v) is 5.91. The molecule has 3 rings (SSSR count). The molecule has 0 saturated carbocycles. The highest BCUT2D eigenvalue weighted by Gasteiger charge is 2.09. The monoisotopic (exact) mass is 373 g/mol. The SMILES string of the molecule is CCCOc1ccc(CCc2nc(-c3ccc(CN)cc3)no2)cc1.Cl. The molecule has 0 bridgehead atoms. The Morgan fingerprint density at radius 2 is 1.65 bits per heavy atom. The molecular formula is C20H24ClN3O2. The van der Waals surface area contributed by atoms with Crippen molar-refractivity contribution in [3.05, 3.63) is 65.5 Å². The minimum absolute atomic E-state index is 0. The van der Waals surface area contributed by atoms with Gasteiger partial charge in [0.25, 0.3) is 0 Å². The number of benzene rings is 2. The van der Waals surface area contributed by atoms with Crippen LogP contribution in [0.5, 0.6) is 5.75 Å². The molecule has 0 saturated heterocycles. The smallest absolute Gasteiger partial charge is 0.227 e. The van der Waals surface area contributed by atoms with Crippen LogP contribution in [0.3, 0.4) is 0 Å². The molecule has 2 N–H and O–H groups in total. The van der Waals surface area contributed by atoms with E-state index in [0.29, 0.717) is 24.7 Å². The molecule has 0 amide bonds. The third kappa shape index (κ3) is 5.31. The maximum Gasteiger partial charge on any atom is 0.227 e. The van der Waals surface area contributed by atoms with E-state index in [1.807, 2.05) is 36.4 Å². The van der Waals surface area contributed by atoms with Crippen molar-refractivity contribution in [2.45, 2.75) is 32.7 Å². The molecule has 138 valence electrons. The standard InChI is InChI=1S/C20H23N3O2.ClH/c1-2-13-24-18-10-5-15(6-11-18)7-12-19-22-20(23-25-19)17-8-3-16(14-21)4-9-17;/h3-6,8-11H,2,7,12-14,21H2,1H3;1H. The zero-order chi connectivity index (χ0) is 17.5. The van der Waals surface area contributed by atoms with Crippen LogP contribution >= 0.6 is 12.4 Å². The summed E-state index contributed by atoms with van der Waals surface area (Å²) in [4.78, 5) is 4.48. The van der Waals surface area contributed by atoms with Crippen LogP contribution in [0.15, 0.2) is 53.1 Å². The number of aryl methyl sites for hydroxylation is 2. The van der Waals surface area contributed by atoms with E-state index >= 15 is 0 Å². The molecule has 2 aromatic carbocycles. The number of hydrogen-bond acceptors (Lipinski definition) is 5. The first-order chi connectivity index (χ1) is 12.3. The van der Waals surface area contributed by atoms with E-state index in [4.69, 9.17) is 15.0 Å². The molecule has 0 radical (unpaired) electrons. The lowest BCUT2D eigenvalue weighted by atomic mass is 10.1. The van der Waals surface area contributed by atoms with Crippen LogP contribution in [0.25, 0.3) is 11.4 Å². The molecule has 26 heavy (non-hydrogen) atoms. The van der Waals surface area contributed by atoms with Crippen molar-refractivity contribution in [2.24, 2.45) is 5.73 Å². The third-order valence-electron chi connectivity index (χ3n) is 3.94. The zero-order valence-corrected chi connectivity index (χ0v) is 15.7. The normalized spacial score (nSPS) is 10.4. The lowest BCUT2D eigenvalue weighted by Crippen LogP contribution is -1.96. The van der Waals surface area contributed by atoms with Gasteiger partial charge in [-0.15, -0.1) is 12.4 Å². The molecule has 0 aliphatic rings. The summed E-state index contributed by atoms with van der Waals surface area (Å²) in [6, 6.07) is 16.0. The quantitative estimate of drug-likeness (QED) is 0.640. The lowest BCUT2D eigenvalue weighted by molar-refractivity contribution is 0.317. The Balaban J connectivity index is 0.00000243. The van der Waals surface area contributed by atoms with E-state index < -0.39 is 0 Å². The van der Waals surface area contributed by atoms with Crippen LogP contribution in [0.1, 0.15) is 30.4 Å². The molecule has 0 aliphatic heterocycles. The fourth-order valence-corrected chi connectivity index (χ4v) is 2.49. The van der Waals surface area contributed by atoms with Crippen molar-refractivity contribution in [1.82, 2.24) is 10.1 Å². The predicted octanol–water partition coefficient (Wildman–Crippen LogP) is 4.19. The summed E-state index contributed by atoms with van der Waals surface area (Å²) < 4.78 is 11.0. The maximum atomic E-state index is 5.61. The lowest BCUT2D eigenvalue weighted by Gasteiger charge is -2.05. The van der Waals surface area contributed by atoms with Gasteiger partial charge >= 0.3 is 0 Å². The highest BCUT2D eigenvalue weighted by atomic mass is 35.5. The Morgan fingerprint density at radius 1 is 0.962 bits per heavy atom. The number of ether oxygens (including phenoxy) is 1. The number of hydrogen-bond donors (Lipinski definition) is 1. The van der Waals surface area contributed by atoms with Gasteiger partial charge in [0.05, 0.1) is 6.61 Å². The van der Waals surface area contributed by atoms with Crippen LogP contribution in [0.4, 0.5) is 0 Å². The number of aromatic nitrogens is 2. The fourth-order valence-electron chi connectivity index (χ4n) is 2.49. The Hall–Kier alpha value is -2.37. The first-order valence-electron chi connectivity index (χ1n) is 8.62. The summed E-state index contributed by atoms with van der Waals surface area (Å²) in [6.07, 6.45) is 2.57. The van der Waals surface area contributed by atoms with Gasteiger partial charge in [0.15, 0.2) is 0 Å². The Bertz CT molecular complexity index is 786. The second kappa shape index (κ2) is 9.94. The topological polar surface area (TPSA) is 74.2 Å². The minimum atomic E-state index is 0. The molecule has 1 heterocycles. The Morgan fingerprint density at radius 3 is 2.31 bits per heavy atom. The van der Waals surface area contributed by atoms with Gasteiger partial charge in [-0.2, -0.15) is 4.98 Å². The molecule has 0 spiro atoms. The molecule has 6 heteroatoms. The minimum Gasteiger partial charge on any atom is -0.494 e. The van der Waals surface area contributed by atoms with Crippen LogP contribution < -0.4 is 10.5 Å². The summed E-state index contributed by atoms with van der Waals surface area (Å²) >= 11 is 0. The van der Waals surface area contributed by atoms with E-state index in [1.165, 1.54) is 5.56 Å². The molecule has 3 aromatic rings. The molecule has 0 atom stereocenters. The van der Waals surface area contributed by atoms with E-state index in [1.54, 1.807) is 0 Å². The van der Waals surface area contributed by atoms with E-state index in [9.17, 15) is 0 Å². The number of nitrogens with zero attached hydrogens (tertiary/aromatic N) is 2. The van der Waals surface area contributed by atoms with Crippen LogP contribution in [0.2, 0.25) is 0 Å². The van der Waals surface area contributed by atoms with E-state index in [2.05, 4.69) is 29.2 Å². The van der Waals surface area contributed by atoms with Gasteiger partial charge in [0.1, 0.15) is 5.75 Å². The zero-order valence-electron chi connectivity index (χ0n) is 14.9. The molecular weight excluding hydrogens is 350 g/mol. The molecule has 0 aliphatic carbocycles. The van der Waals surface area contributed by atoms with Crippen LogP contribution in [-0.2, 0) is 19.4 Å². The summed E-state index contributed by atoms with van der Waals surface area (Å²) in [5, 5.41) is 4.06. The first-order valence-corrected chi connectivity index (χ1v) is 8.62. The first kappa shape index (κ1) is 19.9. The van der Waals surface area contributed by atoms with Crippen LogP contribution in [-0.4, -0.2) is 16.7 Å². The summed E-state index contributed by atoms with van der Waals surface area (Å²) in [5.74, 6) is 2.16. The van der Waals surface area contributed by atoms with Gasteiger partial charge in [-0.1, -0.05) is 48.5 Å². The number of halogens is 1. The van der Waals surface area contributed by atoms with Gasteiger partial charge < -0.3 is 15.0 Å². The van der Waals surface area contributed by atoms with Crippen molar-refractivity contribution in [3.63, 3.8) is 0 Å². The number of rotatable bonds is 8. The summed E-state index contributed by atoms with van der Waals surface area (Å²) in [7, 11) is 0. The van der Waals surface area contributed by atoms with Gasteiger partial charge in [-0.05, 0) is 36.1 Å². The molecule has 5 nitrogen and oxygen atoms in total. The highest BCUT2D eigenvalue weighted by Crippen LogP contribution is 2.18. The average Bonchev–Trinajstić information content (AvgIpc) is 3.14. The van der Waals surface area contributed by atoms with Crippen molar-refractivity contribution in [1.29, 1.82) is 0 Å². The Labute approximate surface area is 160 Å². The van der Waals surface area contributed by atoms with Gasteiger partial charge in [0.2, 0.25) is 11.7 Å². The van der Waals surface area contributed by atoms with Crippen molar-refractivity contribution >= 4 is 12.4 Å². The van der Waals surface area contributed by atoms with Crippen molar-refractivity contribution in [3.8, 4) is 17.1 Å². The largest absolute Gasteiger partial charge is 0.494 e. The molecule has 0 unspecified atom stereocenters. The highest BCUT2D eigenvalue weighted by molar-refractivity contribution is 5.85. The molecule has 0 fully saturated rings. The third-order valence-corrected chi connectivity index (χ3v) is 3.94. The maximum absolute atomic E-state index is 5.61. The summed E-state index contributed by atoms with van der Waals surface area (Å²) in [5.41, 5.74) is 8.85. The van der Waals surface area contributed by atoms with E-state index in [-0.39, 0.29) is 12.4 Å². The van der Waals surface area contributed by atoms with Gasteiger partial charge in [-0.25, -0.2) is 0 Å². The molecule has 1 aromatic heterocycles. The Kier molecular flexibility index (Phi) is 7.63. The van der Waals surface area contributed by atoms with E-state index in [0.717, 1.165) is 36.3 Å². The second-order valence-electron chi connectivity index (χ2n) is 5.91. The van der Waals surface area contributed by atoms with Crippen molar-refractivity contribution in [2.75, 3.05) is 6.61 Å². The van der Waals surface area contributed by atoms with Crippen LogP contribution in [0, 0.1) is 0 Å². The van der Waals surface area contributed by atoms with Gasteiger partial charge in [0, 0.05) is 18.5 Å². The average molecular weight is 374 g/mol.